The third-order valence-electron chi connectivity index (χ3n) is 6.52. The molecule has 33 heavy (non-hydrogen) atoms. The van der Waals surface area contributed by atoms with Gasteiger partial charge in [0.15, 0.2) is 6.10 Å². The van der Waals surface area contributed by atoms with Crippen LogP contribution in [0.1, 0.15) is 43.5 Å². The normalized spacial score (nSPS) is 22.7. The molecule has 0 aromatic heterocycles. The Balaban J connectivity index is 1.52. The highest BCUT2D eigenvalue weighted by Gasteiger charge is 2.59. The van der Waals surface area contributed by atoms with Gasteiger partial charge in [0.25, 0.3) is 5.91 Å². The van der Waals surface area contributed by atoms with Crippen molar-refractivity contribution in [2.75, 3.05) is 5.06 Å². The maximum atomic E-state index is 13.6. The Hall–Kier alpha value is -3.44. The van der Waals surface area contributed by atoms with Crippen LogP contribution in [0, 0.1) is 5.92 Å². The Morgan fingerprint density at radius 3 is 2.00 bits per heavy atom. The molecular weight excluding hydrogens is 412 g/mol. The molecule has 0 radical (unpaired) electrons. The quantitative estimate of drug-likeness (QED) is 0.534. The second-order valence-electron chi connectivity index (χ2n) is 9.78. The summed E-state index contributed by atoms with van der Waals surface area (Å²) in [5.41, 5.74) is 3.95. The van der Waals surface area contributed by atoms with E-state index in [0.29, 0.717) is 0 Å². The predicted molar refractivity (Wildman–Crippen MR) is 127 cm³/mol. The molecule has 0 spiro atoms. The van der Waals surface area contributed by atoms with E-state index < -0.39 is 12.0 Å². The van der Waals surface area contributed by atoms with Crippen LogP contribution < -0.4 is 5.06 Å². The number of imide groups is 1. The lowest BCUT2D eigenvalue weighted by atomic mass is 9.84. The zero-order valence-electron chi connectivity index (χ0n) is 19.1. The zero-order chi connectivity index (χ0) is 23.2. The summed E-state index contributed by atoms with van der Waals surface area (Å²) in [6.45, 7) is 6.78. The number of para-hydroxylation sites is 1. The minimum Gasteiger partial charge on any atom is -0.275 e. The van der Waals surface area contributed by atoms with Crippen molar-refractivity contribution in [3.8, 4) is 0 Å². The molecule has 5 heteroatoms. The second-order valence-corrected chi connectivity index (χ2v) is 9.78. The minimum atomic E-state index is -0.825. The summed E-state index contributed by atoms with van der Waals surface area (Å²) in [5, 5.41) is 1.75. The lowest BCUT2D eigenvalue weighted by Crippen LogP contribution is -2.37. The molecule has 2 aliphatic rings. The fourth-order valence-electron chi connectivity index (χ4n) is 4.71. The van der Waals surface area contributed by atoms with Crippen molar-refractivity contribution < 1.29 is 14.4 Å². The molecule has 2 fully saturated rings. The van der Waals surface area contributed by atoms with Gasteiger partial charge in [0.05, 0.1) is 18.3 Å². The number of anilines is 1. The number of benzene rings is 3. The van der Waals surface area contributed by atoms with Gasteiger partial charge in [-0.15, -0.1) is 0 Å². The standard InChI is InChI=1S/C28H28N2O3/c1-28(2,3)21-16-14-20(15-17-21)24-23-25(33-30(24)22-12-8-5-9-13-22)27(32)29(26(23)31)18-19-10-6-4-7-11-19/h4-17,23-25H,18H2,1-3H3/t23-,24+,25+/m0/s1. The molecule has 5 nitrogen and oxygen atoms in total. The first-order chi connectivity index (χ1) is 15.8. The molecule has 5 rings (SSSR count). The van der Waals surface area contributed by atoms with E-state index in [1.807, 2.05) is 60.7 Å². The van der Waals surface area contributed by atoms with E-state index >= 15 is 0 Å². The SMILES string of the molecule is CC(C)(C)c1ccc([C@@H]2[C@@H]3C(=O)N(Cc4ccccc4)C(=O)[C@@H]3ON2c2ccccc2)cc1. The van der Waals surface area contributed by atoms with Crippen molar-refractivity contribution in [2.45, 2.75) is 44.9 Å². The predicted octanol–water partition coefficient (Wildman–Crippen LogP) is 5.03. The van der Waals surface area contributed by atoms with Gasteiger partial charge in [-0.1, -0.05) is 93.6 Å². The topological polar surface area (TPSA) is 49.9 Å². The molecule has 3 atom stereocenters. The van der Waals surface area contributed by atoms with Crippen LogP contribution in [-0.2, 0) is 26.4 Å². The molecule has 0 N–H and O–H groups in total. The van der Waals surface area contributed by atoms with Gasteiger partial charge in [0.1, 0.15) is 5.92 Å². The molecule has 0 unspecified atom stereocenters. The number of amides is 2. The van der Waals surface area contributed by atoms with Crippen molar-refractivity contribution in [1.29, 1.82) is 0 Å². The molecule has 168 valence electrons. The van der Waals surface area contributed by atoms with E-state index in [-0.39, 0.29) is 29.8 Å². The highest BCUT2D eigenvalue weighted by molar-refractivity contribution is 6.07. The van der Waals surface area contributed by atoms with Gasteiger partial charge in [0.2, 0.25) is 5.91 Å². The molecule has 3 aromatic rings. The Morgan fingerprint density at radius 1 is 0.788 bits per heavy atom. The van der Waals surface area contributed by atoms with Crippen LogP contribution in [0.4, 0.5) is 5.69 Å². The molecule has 0 aliphatic carbocycles. The Morgan fingerprint density at radius 2 is 1.39 bits per heavy atom. The van der Waals surface area contributed by atoms with Gasteiger partial charge in [-0.05, 0) is 34.2 Å². The third-order valence-corrected chi connectivity index (χ3v) is 6.52. The molecule has 2 aliphatic heterocycles. The van der Waals surface area contributed by atoms with E-state index in [4.69, 9.17) is 4.84 Å². The highest BCUT2D eigenvalue weighted by atomic mass is 16.7. The minimum absolute atomic E-state index is 0.0258. The summed E-state index contributed by atoms with van der Waals surface area (Å²) in [4.78, 5) is 34.4. The summed E-state index contributed by atoms with van der Waals surface area (Å²) in [7, 11) is 0. The number of carbonyl (C=O) groups is 2. The molecular formula is C28H28N2O3. The van der Waals surface area contributed by atoms with Crippen LogP contribution in [0.2, 0.25) is 0 Å². The monoisotopic (exact) mass is 440 g/mol. The third kappa shape index (κ3) is 3.83. The summed E-state index contributed by atoms with van der Waals surface area (Å²) in [6.07, 6.45) is -0.825. The average Bonchev–Trinajstić information content (AvgIpc) is 3.32. The maximum absolute atomic E-state index is 13.6. The summed E-state index contributed by atoms with van der Waals surface area (Å²) in [5.74, 6) is -1.05. The van der Waals surface area contributed by atoms with Gasteiger partial charge in [-0.25, -0.2) is 5.06 Å². The molecule has 3 aromatic carbocycles. The first-order valence-corrected chi connectivity index (χ1v) is 11.4. The smallest absolute Gasteiger partial charge is 0.262 e. The van der Waals surface area contributed by atoms with Crippen LogP contribution in [0.15, 0.2) is 84.9 Å². The van der Waals surface area contributed by atoms with Gasteiger partial charge < -0.3 is 0 Å². The zero-order valence-corrected chi connectivity index (χ0v) is 19.1. The number of fused-ring (bicyclic) bond motifs is 1. The lowest BCUT2D eigenvalue weighted by molar-refractivity contribution is -0.143. The summed E-state index contributed by atoms with van der Waals surface area (Å²) < 4.78 is 0. The Bertz CT molecular complexity index is 1150. The van der Waals surface area contributed by atoms with E-state index in [2.05, 4.69) is 45.0 Å². The van der Waals surface area contributed by atoms with Gasteiger partial charge in [0, 0.05) is 0 Å². The van der Waals surface area contributed by atoms with E-state index in [1.54, 1.807) is 5.06 Å². The number of nitrogens with zero attached hydrogens (tertiary/aromatic N) is 2. The number of carbonyl (C=O) groups excluding carboxylic acids is 2. The number of hydroxylamine groups is 1. The molecule has 0 bridgehead atoms. The van der Waals surface area contributed by atoms with Crippen LogP contribution in [0.25, 0.3) is 0 Å². The molecule has 2 amide bonds. The summed E-state index contributed by atoms with van der Waals surface area (Å²) in [6, 6.07) is 27.2. The van der Waals surface area contributed by atoms with Crippen molar-refractivity contribution in [3.63, 3.8) is 0 Å². The highest BCUT2D eigenvalue weighted by Crippen LogP contribution is 2.47. The number of hydrogen-bond donors (Lipinski definition) is 0. The Kier molecular flexibility index (Phi) is 5.29. The van der Waals surface area contributed by atoms with E-state index in [0.717, 1.165) is 16.8 Å². The number of hydrogen-bond acceptors (Lipinski definition) is 4. The fourth-order valence-corrected chi connectivity index (χ4v) is 4.71. The maximum Gasteiger partial charge on any atom is 0.262 e. The van der Waals surface area contributed by atoms with Crippen molar-refractivity contribution >= 4 is 17.5 Å². The van der Waals surface area contributed by atoms with Crippen LogP contribution >= 0.6 is 0 Å². The van der Waals surface area contributed by atoms with Gasteiger partial charge in [-0.3, -0.25) is 19.3 Å². The van der Waals surface area contributed by atoms with Crippen LogP contribution in [0.3, 0.4) is 0 Å². The van der Waals surface area contributed by atoms with Crippen molar-refractivity contribution in [2.24, 2.45) is 5.92 Å². The first-order valence-electron chi connectivity index (χ1n) is 11.4. The Labute approximate surface area is 194 Å². The summed E-state index contributed by atoms with van der Waals surface area (Å²) >= 11 is 0. The molecule has 2 heterocycles. The number of likely N-dealkylation sites (tertiary alicyclic amines) is 1. The first kappa shape index (κ1) is 21.4. The van der Waals surface area contributed by atoms with E-state index in [1.165, 1.54) is 10.5 Å². The van der Waals surface area contributed by atoms with Crippen LogP contribution in [-0.4, -0.2) is 22.8 Å². The number of rotatable bonds is 4. The molecule has 2 saturated heterocycles. The van der Waals surface area contributed by atoms with Crippen LogP contribution in [0.5, 0.6) is 0 Å². The second kappa shape index (κ2) is 8.16. The van der Waals surface area contributed by atoms with Gasteiger partial charge in [-0.2, -0.15) is 0 Å². The lowest BCUT2D eigenvalue weighted by Gasteiger charge is -2.29. The van der Waals surface area contributed by atoms with Gasteiger partial charge >= 0.3 is 0 Å². The van der Waals surface area contributed by atoms with Crippen molar-refractivity contribution in [3.05, 3.63) is 102 Å². The molecule has 0 saturated carbocycles. The fraction of sp³-hybridized carbons (Fsp3) is 0.286. The van der Waals surface area contributed by atoms with E-state index in [9.17, 15) is 9.59 Å². The largest absolute Gasteiger partial charge is 0.275 e. The average molecular weight is 441 g/mol. The van der Waals surface area contributed by atoms with Crippen molar-refractivity contribution in [1.82, 2.24) is 4.90 Å².